The van der Waals surface area contributed by atoms with Gasteiger partial charge in [0.25, 0.3) is 5.56 Å². The highest BCUT2D eigenvalue weighted by molar-refractivity contribution is 6.31. The van der Waals surface area contributed by atoms with Crippen molar-refractivity contribution in [1.29, 1.82) is 0 Å². The first-order valence-corrected chi connectivity index (χ1v) is 4.73. The number of nitrogens with zero attached hydrogens (tertiary/aromatic N) is 1. The third-order valence-electron chi connectivity index (χ3n) is 2.12. The molecule has 0 spiro atoms. The van der Waals surface area contributed by atoms with Crippen LogP contribution in [-0.2, 0) is 0 Å². The van der Waals surface area contributed by atoms with Crippen LogP contribution in [0.2, 0.25) is 5.02 Å². The second-order valence-electron chi connectivity index (χ2n) is 3.25. The molecular formula is C10H9ClN2O2. The van der Waals surface area contributed by atoms with E-state index in [0.717, 1.165) is 11.6 Å². The Labute approximate surface area is 90.7 Å². The Kier molecular flexibility index (Phi) is 2.28. The van der Waals surface area contributed by atoms with Gasteiger partial charge in [0.1, 0.15) is 0 Å². The fraction of sp³-hybridized carbons (Fsp3) is 0.100. The van der Waals surface area contributed by atoms with Gasteiger partial charge in [0.05, 0.1) is 11.8 Å². The summed E-state index contributed by atoms with van der Waals surface area (Å²) in [5.74, 6) is -0.139. The summed E-state index contributed by atoms with van der Waals surface area (Å²) in [6.45, 7) is 1.88. The standard InChI is InChI=1S/C10H9ClN2O2/c1-6-2-3-7(4-8(6)11)13-10(15)5-9(14)12-13/h2-5,15H,1H3,(H,12,14). The molecule has 0 atom stereocenters. The van der Waals surface area contributed by atoms with Crippen LogP contribution >= 0.6 is 11.6 Å². The normalized spacial score (nSPS) is 10.5. The van der Waals surface area contributed by atoms with Gasteiger partial charge in [-0.3, -0.25) is 9.89 Å². The van der Waals surface area contributed by atoms with Crippen LogP contribution in [-0.4, -0.2) is 14.9 Å². The van der Waals surface area contributed by atoms with Crippen LogP contribution in [0.3, 0.4) is 0 Å². The number of rotatable bonds is 1. The zero-order chi connectivity index (χ0) is 11.0. The summed E-state index contributed by atoms with van der Waals surface area (Å²) in [6.07, 6.45) is 0. The fourth-order valence-electron chi connectivity index (χ4n) is 1.30. The number of benzene rings is 1. The molecule has 1 aromatic carbocycles. The Morgan fingerprint density at radius 3 is 2.67 bits per heavy atom. The predicted molar refractivity (Wildman–Crippen MR) is 57.8 cm³/mol. The number of hydrogen-bond acceptors (Lipinski definition) is 2. The molecule has 1 aromatic heterocycles. The maximum absolute atomic E-state index is 11.0. The van der Waals surface area contributed by atoms with Crippen LogP contribution in [0.4, 0.5) is 0 Å². The number of aryl methyl sites for hydroxylation is 1. The number of halogens is 1. The van der Waals surface area contributed by atoms with Gasteiger partial charge in [-0.05, 0) is 24.6 Å². The third kappa shape index (κ3) is 1.76. The Morgan fingerprint density at radius 2 is 2.13 bits per heavy atom. The van der Waals surface area contributed by atoms with E-state index in [1.54, 1.807) is 12.1 Å². The van der Waals surface area contributed by atoms with Crippen LogP contribution in [0.5, 0.6) is 5.88 Å². The molecule has 2 rings (SSSR count). The molecule has 15 heavy (non-hydrogen) atoms. The van der Waals surface area contributed by atoms with E-state index in [0.29, 0.717) is 10.7 Å². The molecule has 0 amide bonds. The van der Waals surface area contributed by atoms with Crippen molar-refractivity contribution < 1.29 is 5.11 Å². The maximum Gasteiger partial charge on any atom is 0.268 e. The molecule has 2 aromatic rings. The summed E-state index contributed by atoms with van der Waals surface area (Å²) in [5.41, 5.74) is 1.20. The third-order valence-corrected chi connectivity index (χ3v) is 2.53. The first-order chi connectivity index (χ1) is 7.08. The van der Waals surface area contributed by atoms with Crippen LogP contribution in [0.15, 0.2) is 29.1 Å². The number of aromatic nitrogens is 2. The number of aromatic amines is 1. The van der Waals surface area contributed by atoms with Gasteiger partial charge in [-0.2, -0.15) is 0 Å². The molecule has 0 radical (unpaired) electrons. The van der Waals surface area contributed by atoms with Gasteiger partial charge in [0, 0.05) is 5.02 Å². The summed E-state index contributed by atoms with van der Waals surface area (Å²) in [6, 6.07) is 6.35. The van der Waals surface area contributed by atoms with Gasteiger partial charge in [-0.15, -0.1) is 0 Å². The Balaban J connectivity index is 2.59. The second-order valence-corrected chi connectivity index (χ2v) is 3.65. The summed E-state index contributed by atoms with van der Waals surface area (Å²) < 4.78 is 1.27. The molecule has 0 bridgehead atoms. The number of hydrogen-bond donors (Lipinski definition) is 2. The highest BCUT2D eigenvalue weighted by atomic mass is 35.5. The minimum absolute atomic E-state index is 0.139. The molecule has 0 saturated heterocycles. The van der Waals surface area contributed by atoms with Crippen molar-refractivity contribution in [2.45, 2.75) is 6.92 Å². The average molecular weight is 225 g/mol. The van der Waals surface area contributed by atoms with Gasteiger partial charge in [0.15, 0.2) is 0 Å². The average Bonchev–Trinajstić information content (AvgIpc) is 2.50. The quantitative estimate of drug-likeness (QED) is 0.777. The zero-order valence-corrected chi connectivity index (χ0v) is 8.75. The Bertz CT molecular complexity index is 557. The van der Waals surface area contributed by atoms with Crippen LogP contribution in [0.1, 0.15) is 5.56 Å². The predicted octanol–water partition coefficient (Wildman–Crippen LogP) is 1.83. The zero-order valence-electron chi connectivity index (χ0n) is 7.99. The summed E-state index contributed by atoms with van der Waals surface area (Å²) in [5, 5.41) is 12.5. The van der Waals surface area contributed by atoms with Gasteiger partial charge >= 0.3 is 0 Å². The molecule has 0 unspecified atom stereocenters. The SMILES string of the molecule is Cc1ccc(-n2[nH]c(=O)cc2O)cc1Cl. The van der Waals surface area contributed by atoms with E-state index in [-0.39, 0.29) is 11.4 Å². The van der Waals surface area contributed by atoms with Crippen molar-refractivity contribution >= 4 is 11.6 Å². The summed E-state index contributed by atoms with van der Waals surface area (Å²) >= 11 is 5.94. The minimum atomic E-state index is -0.357. The van der Waals surface area contributed by atoms with Crippen molar-refractivity contribution in [3.8, 4) is 11.6 Å². The number of H-pyrrole nitrogens is 1. The molecule has 0 saturated carbocycles. The van der Waals surface area contributed by atoms with E-state index in [1.807, 2.05) is 13.0 Å². The van der Waals surface area contributed by atoms with E-state index < -0.39 is 0 Å². The van der Waals surface area contributed by atoms with E-state index in [2.05, 4.69) is 5.10 Å². The van der Waals surface area contributed by atoms with Crippen LogP contribution in [0, 0.1) is 6.92 Å². The van der Waals surface area contributed by atoms with E-state index in [1.165, 1.54) is 4.68 Å². The van der Waals surface area contributed by atoms with Crippen molar-refractivity contribution in [3.05, 3.63) is 45.2 Å². The lowest BCUT2D eigenvalue weighted by molar-refractivity contribution is 0.433. The maximum atomic E-state index is 11.0. The largest absolute Gasteiger partial charge is 0.493 e. The minimum Gasteiger partial charge on any atom is -0.493 e. The van der Waals surface area contributed by atoms with Gasteiger partial charge in [-0.1, -0.05) is 17.7 Å². The molecule has 78 valence electrons. The number of nitrogens with one attached hydrogen (secondary N) is 1. The Morgan fingerprint density at radius 1 is 1.40 bits per heavy atom. The summed E-state index contributed by atoms with van der Waals surface area (Å²) in [7, 11) is 0. The topological polar surface area (TPSA) is 58.0 Å². The van der Waals surface area contributed by atoms with Gasteiger partial charge in [0.2, 0.25) is 5.88 Å². The van der Waals surface area contributed by atoms with Crippen molar-refractivity contribution in [3.63, 3.8) is 0 Å². The molecule has 1 heterocycles. The van der Waals surface area contributed by atoms with E-state index in [9.17, 15) is 9.90 Å². The highest BCUT2D eigenvalue weighted by Crippen LogP contribution is 2.21. The van der Waals surface area contributed by atoms with E-state index >= 15 is 0 Å². The first kappa shape index (κ1) is 9.86. The van der Waals surface area contributed by atoms with Crippen molar-refractivity contribution in [1.82, 2.24) is 9.78 Å². The highest BCUT2D eigenvalue weighted by Gasteiger charge is 2.05. The Hall–Kier alpha value is -1.68. The van der Waals surface area contributed by atoms with Crippen LogP contribution < -0.4 is 5.56 Å². The van der Waals surface area contributed by atoms with Crippen molar-refractivity contribution in [2.75, 3.05) is 0 Å². The van der Waals surface area contributed by atoms with Crippen molar-refractivity contribution in [2.24, 2.45) is 0 Å². The monoisotopic (exact) mass is 224 g/mol. The molecule has 5 heteroatoms. The molecule has 0 fully saturated rings. The number of aromatic hydroxyl groups is 1. The first-order valence-electron chi connectivity index (χ1n) is 4.35. The molecule has 4 nitrogen and oxygen atoms in total. The van der Waals surface area contributed by atoms with Gasteiger partial charge in [-0.25, -0.2) is 4.68 Å². The second kappa shape index (κ2) is 3.47. The molecule has 2 N–H and O–H groups in total. The lowest BCUT2D eigenvalue weighted by atomic mass is 10.2. The summed E-state index contributed by atoms with van der Waals surface area (Å²) in [4.78, 5) is 11.0. The molecule has 0 aliphatic rings. The van der Waals surface area contributed by atoms with Crippen LogP contribution in [0.25, 0.3) is 5.69 Å². The molecule has 0 aliphatic heterocycles. The molecule has 0 aliphatic carbocycles. The fourth-order valence-corrected chi connectivity index (χ4v) is 1.47. The lowest BCUT2D eigenvalue weighted by Gasteiger charge is -2.05. The van der Waals surface area contributed by atoms with Gasteiger partial charge < -0.3 is 5.11 Å². The lowest BCUT2D eigenvalue weighted by Crippen LogP contribution is -2.03. The molecular weight excluding hydrogens is 216 g/mol. The van der Waals surface area contributed by atoms with E-state index in [4.69, 9.17) is 11.6 Å². The smallest absolute Gasteiger partial charge is 0.268 e.